The molecule has 1 N–H and O–H groups in total. The van der Waals surface area contributed by atoms with E-state index in [1.54, 1.807) is 0 Å². The molecule has 7 heteroatoms. The number of aromatic nitrogens is 2. The van der Waals surface area contributed by atoms with Crippen molar-refractivity contribution in [3.05, 3.63) is 17.7 Å². The maximum absolute atomic E-state index is 11.9. The van der Waals surface area contributed by atoms with Gasteiger partial charge in [0.15, 0.2) is 0 Å². The Morgan fingerprint density at radius 2 is 2.00 bits per heavy atom. The van der Waals surface area contributed by atoms with Gasteiger partial charge >= 0.3 is 0 Å². The zero-order valence-corrected chi connectivity index (χ0v) is 11.1. The van der Waals surface area contributed by atoms with Crippen molar-refractivity contribution in [3.8, 4) is 0 Å². The van der Waals surface area contributed by atoms with Crippen molar-refractivity contribution in [3.63, 3.8) is 0 Å². The standard InChI is InChI=1S/C10H14ClN3O2S/c1-10(3-2-4-10)7-14-17(15,16)8-5-12-9(11)13-6-8/h5-6,14H,2-4,7H2,1H3. The third-order valence-electron chi connectivity index (χ3n) is 3.16. The van der Waals surface area contributed by atoms with E-state index >= 15 is 0 Å². The molecule has 0 spiro atoms. The van der Waals surface area contributed by atoms with E-state index in [0.717, 1.165) is 12.8 Å². The first-order valence-corrected chi connectivity index (χ1v) is 7.25. The largest absolute Gasteiger partial charge is 0.243 e. The van der Waals surface area contributed by atoms with Crippen molar-refractivity contribution < 1.29 is 8.42 Å². The summed E-state index contributed by atoms with van der Waals surface area (Å²) in [7, 11) is -3.52. The molecule has 94 valence electrons. The van der Waals surface area contributed by atoms with Crippen LogP contribution in [-0.4, -0.2) is 24.9 Å². The van der Waals surface area contributed by atoms with Crippen molar-refractivity contribution in [2.75, 3.05) is 6.54 Å². The maximum Gasteiger partial charge on any atom is 0.243 e. The van der Waals surface area contributed by atoms with Crippen LogP contribution >= 0.6 is 11.6 Å². The highest BCUT2D eigenvalue weighted by Crippen LogP contribution is 2.39. The van der Waals surface area contributed by atoms with Gasteiger partial charge in [0.05, 0.1) is 12.4 Å². The summed E-state index contributed by atoms with van der Waals surface area (Å²) in [5.41, 5.74) is 0.0976. The van der Waals surface area contributed by atoms with Gasteiger partial charge in [0.1, 0.15) is 4.90 Å². The van der Waals surface area contributed by atoms with Crippen molar-refractivity contribution in [2.24, 2.45) is 5.41 Å². The van der Waals surface area contributed by atoms with Gasteiger partial charge in [-0.3, -0.25) is 0 Å². The molecule has 0 aromatic carbocycles. The molecule has 1 aromatic heterocycles. The summed E-state index contributed by atoms with van der Waals surface area (Å²) in [5.74, 6) is 0. The van der Waals surface area contributed by atoms with E-state index in [0.29, 0.717) is 6.54 Å². The fraction of sp³-hybridized carbons (Fsp3) is 0.600. The molecule has 0 amide bonds. The highest BCUT2D eigenvalue weighted by atomic mass is 35.5. The minimum absolute atomic E-state index is 0.0369. The molecule has 0 bridgehead atoms. The van der Waals surface area contributed by atoms with Crippen LogP contribution in [0.5, 0.6) is 0 Å². The van der Waals surface area contributed by atoms with E-state index in [-0.39, 0.29) is 15.6 Å². The van der Waals surface area contributed by atoms with Crippen molar-refractivity contribution in [1.82, 2.24) is 14.7 Å². The first kappa shape index (κ1) is 12.7. The lowest BCUT2D eigenvalue weighted by Gasteiger charge is -2.38. The minimum Gasteiger partial charge on any atom is -0.225 e. The van der Waals surface area contributed by atoms with E-state index in [1.807, 2.05) is 0 Å². The molecule has 0 aliphatic heterocycles. The maximum atomic E-state index is 11.9. The predicted molar refractivity (Wildman–Crippen MR) is 64.2 cm³/mol. The summed E-state index contributed by atoms with van der Waals surface area (Å²) in [6.07, 6.45) is 5.71. The molecule has 1 fully saturated rings. The average molecular weight is 276 g/mol. The summed E-state index contributed by atoms with van der Waals surface area (Å²) >= 11 is 5.51. The second-order valence-corrected chi connectivity index (χ2v) is 6.78. The molecular weight excluding hydrogens is 262 g/mol. The summed E-state index contributed by atoms with van der Waals surface area (Å²) < 4.78 is 26.4. The molecule has 0 atom stereocenters. The van der Waals surface area contributed by atoms with Gasteiger partial charge in [-0.1, -0.05) is 13.3 Å². The number of sulfonamides is 1. The predicted octanol–water partition coefficient (Wildman–Crippen LogP) is 1.60. The lowest BCUT2D eigenvalue weighted by Crippen LogP contribution is -2.39. The van der Waals surface area contributed by atoms with Crippen LogP contribution in [0.4, 0.5) is 0 Å². The quantitative estimate of drug-likeness (QED) is 0.847. The van der Waals surface area contributed by atoms with Crippen LogP contribution < -0.4 is 4.72 Å². The van der Waals surface area contributed by atoms with E-state index in [2.05, 4.69) is 21.6 Å². The van der Waals surface area contributed by atoms with Gasteiger partial charge in [0, 0.05) is 6.54 Å². The number of nitrogens with zero attached hydrogens (tertiary/aromatic N) is 2. The summed E-state index contributed by atoms with van der Waals surface area (Å²) in [4.78, 5) is 7.36. The highest BCUT2D eigenvalue weighted by molar-refractivity contribution is 7.89. The van der Waals surface area contributed by atoms with E-state index in [4.69, 9.17) is 11.6 Å². The molecule has 1 heterocycles. The fourth-order valence-electron chi connectivity index (χ4n) is 1.75. The molecule has 1 aliphatic carbocycles. The summed E-state index contributed by atoms with van der Waals surface area (Å²) in [6.45, 7) is 2.54. The Balaban J connectivity index is 2.06. The first-order chi connectivity index (χ1) is 7.91. The van der Waals surface area contributed by atoms with Gasteiger partial charge in [-0.15, -0.1) is 0 Å². The Morgan fingerprint density at radius 3 is 2.47 bits per heavy atom. The van der Waals surface area contributed by atoms with Gasteiger partial charge < -0.3 is 0 Å². The number of hydrogen-bond acceptors (Lipinski definition) is 4. The molecule has 0 unspecified atom stereocenters. The van der Waals surface area contributed by atoms with Crippen LogP contribution in [0.15, 0.2) is 17.3 Å². The van der Waals surface area contributed by atoms with Gasteiger partial charge in [-0.05, 0) is 29.9 Å². The van der Waals surface area contributed by atoms with E-state index in [1.165, 1.54) is 18.8 Å². The third-order valence-corrected chi connectivity index (χ3v) is 4.71. The zero-order valence-electron chi connectivity index (χ0n) is 9.48. The number of rotatable bonds is 4. The molecular formula is C10H14ClN3O2S. The number of hydrogen-bond donors (Lipinski definition) is 1. The van der Waals surface area contributed by atoms with Crippen molar-refractivity contribution >= 4 is 21.6 Å². The van der Waals surface area contributed by atoms with Gasteiger partial charge in [0.2, 0.25) is 15.3 Å². The molecule has 1 aliphatic rings. The molecule has 5 nitrogen and oxygen atoms in total. The summed E-state index contributed by atoms with van der Waals surface area (Å²) in [5, 5.41) is 0.0369. The summed E-state index contributed by atoms with van der Waals surface area (Å²) in [6, 6.07) is 0. The topological polar surface area (TPSA) is 72.0 Å². The minimum atomic E-state index is -3.52. The Bertz CT molecular complexity index is 497. The monoisotopic (exact) mass is 275 g/mol. The molecule has 17 heavy (non-hydrogen) atoms. The number of nitrogens with one attached hydrogen (secondary N) is 1. The third kappa shape index (κ3) is 2.94. The SMILES string of the molecule is CC1(CNS(=O)(=O)c2cnc(Cl)nc2)CCC1. The normalized spacial score (nSPS) is 18.7. The van der Waals surface area contributed by atoms with E-state index in [9.17, 15) is 8.42 Å². The van der Waals surface area contributed by atoms with Crippen LogP contribution in [-0.2, 0) is 10.0 Å². The van der Waals surface area contributed by atoms with Crippen LogP contribution in [0.25, 0.3) is 0 Å². The smallest absolute Gasteiger partial charge is 0.225 e. The molecule has 1 aromatic rings. The zero-order chi connectivity index (χ0) is 12.5. The number of halogens is 1. The molecule has 1 saturated carbocycles. The fourth-order valence-corrected chi connectivity index (χ4v) is 2.93. The Hall–Kier alpha value is -0.720. The van der Waals surface area contributed by atoms with Crippen molar-refractivity contribution in [1.29, 1.82) is 0 Å². The van der Waals surface area contributed by atoms with Crippen LogP contribution in [0.1, 0.15) is 26.2 Å². The lowest BCUT2D eigenvalue weighted by molar-refractivity contribution is 0.166. The van der Waals surface area contributed by atoms with Crippen LogP contribution in [0.2, 0.25) is 5.28 Å². The van der Waals surface area contributed by atoms with Crippen molar-refractivity contribution in [2.45, 2.75) is 31.1 Å². The Morgan fingerprint density at radius 1 is 1.41 bits per heavy atom. The van der Waals surface area contributed by atoms with Crippen LogP contribution in [0.3, 0.4) is 0 Å². The molecule has 0 radical (unpaired) electrons. The Labute approximate surface area is 106 Å². The second kappa shape index (κ2) is 4.51. The highest BCUT2D eigenvalue weighted by Gasteiger charge is 2.33. The second-order valence-electron chi connectivity index (χ2n) is 4.68. The molecule has 2 rings (SSSR count). The van der Waals surface area contributed by atoms with Gasteiger partial charge in [-0.2, -0.15) is 0 Å². The first-order valence-electron chi connectivity index (χ1n) is 5.39. The molecule has 0 saturated heterocycles. The Kier molecular flexibility index (Phi) is 3.38. The average Bonchev–Trinajstić information content (AvgIpc) is 2.24. The van der Waals surface area contributed by atoms with Gasteiger partial charge in [-0.25, -0.2) is 23.1 Å². The van der Waals surface area contributed by atoms with Crippen LogP contribution in [0, 0.1) is 5.41 Å². The lowest BCUT2D eigenvalue weighted by atomic mass is 9.71. The van der Waals surface area contributed by atoms with E-state index < -0.39 is 10.0 Å². The van der Waals surface area contributed by atoms with Gasteiger partial charge in [0.25, 0.3) is 0 Å².